The third-order valence-corrected chi connectivity index (χ3v) is 4.81. The fourth-order valence-corrected chi connectivity index (χ4v) is 4.16. The number of carbonyl (C=O) groups is 2. The first-order valence-electron chi connectivity index (χ1n) is 6.53. The summed E-state index contributed by atoms with van der Waals surface area (Å²) >= 11 is 0. The summed E-state index contributed by atoms with van der Waals surface area (Å²) in [7, 11) is 0. The van der Waals surface area contributed by atoms with Crippen molar-refractivity contribution in [2.24, 2.45) is 35.5 Å². The maximum absolute atomic E-state index is 12.3. The molecule has 0 aliphatic heterocycles. The second-order valence-corrected chi connectivity index (χ2v) is 5.52. The van der Waals surface area contributed by atoms with Crippen molar-refractivity contribution in [3.8, 4) is 0 Å². The number of esters is 1. The van der Waals surface area contributed by atoms with Crippen LogP contribution in [0.1, 0.15) is 20.3 Å². The van der Waals surface area contributed by atoms with Gasteiger partial charge in [-0.1, -0.05) is 19.1 Å². The SMILES string of the molecule is CCOC(=O)[C@H]1[C@@H]2[C@H](C(=O)[C@@H]1C)[C@@H]1C=C[C@H]2C1. The Labute approximate surface area is 101 Å². The van der Waals surface area contributed by atoms with Crippen molar-refractivity contribution in [2.75, 3.05) is 6.61 Å². The Kier molecular flexibility index (Phi) is 2.39. The van der Waals surface area contributed by atoms with Gasteiger partial charge < -0.3 is 4.74 Å². The van der Waals surface area contributed by atoms with E-state index >= 15 is 0 Å². The molecule has 3 heteroatoms. The number of allylic oxidation sites excluding steroid dienone is 2. The van der Waals surface area contributed by atoms with Crippen LogP contribution >= 0.6 is 0 Å². The zero-order chi connectivity index (χ0) is 12.2. The fraction of sp³-hybridized carbons (Fsp3) is 0.714. The molecule has 0 spiro atoms. The lowest BCUT2D eigenvalue weighted by molar-refractivity contribution is -0.151. The second-order valence-electron chi connectivity index (χ2n) is 5.52. The van der Waals surface area contributed by atoms with Gasteiger partial charge in [-0.15, -0.1) is 0 Å². The number of fused-ring (bicyclic) bond motifs is 5. The largest absolute Gasteiger partial charge is 0.466 e. The molecule has 3 nitrogen and oxygen atoms in total. The maximum atomic E-state index is 12.3. The van der Waals surface area contributed by atoms with Gasteiger partial charge in [0.05, 0.1) is 12.5 Å². The zero-order valence-electron chi connectivity index (χ0n) is 10.3. The average Bonchev–Trinajstić information content (AvgIpc) is 2.94. The third-order valence-electron chi connectivity index (χ3n) is 4.81. The van der Waals surface area contributed by atoms with Crippen molar-refractivity contribution in [3.05, 3.63) is 12.2 Å². The molecule has 6 atom stereocenters. The number of hydrogen-bond acceptors (Lipinski definition) is 3. The van der Waals surface area contributed by atoms with E-state index in [0.29, 0.717) is 18.4 Å². The molecule has 0 amide bonds. The summed E-state index contributed by atoms with van der Waals surface area (Å²) in [6.45, 7) is 4.11. The summed E-state index contributed by atoms with van der Waals surface area (Å²) in [5.74, 6) is 0.877. The van der Waals surface area contributed by atoms with Crippen LogP contribution in [0.4, 0.5) is 0 Å². The minimum absolute atomic E-state index is 0.0920. The lowest BCUT2D eigenvalue weighted by Gasteiger charge is -2.24. The first-order chi connectivity index (χ1) is 8.15. The van der Waals surface area contributed by atoms with Gasteiger partial charge in [-0.2, -0.15) is 0 Å². The number of rotatable bonds is 2. The molecule has 0 saturated heterocycles. The van der Waals surface area contributed by atoms with Crippen LogP contribution in [0.15, 0.2) is 12.2 Å². The quantitative estimate of drug-likeness (QED) is 0.540. The van der Waals surface area contributed by atoms with Crippen LogP contribution in [-0.4, -0.2) is 18.4 Å². The summed E-state index contributed by atoms with van der Waals surface area (Å²) in [5.41, 5.74) is 0. The van der Waals surface area contributed by atoms with Crippen LogP contribution in [-0.2, 0) is 14.3 Å². The molecule has 3 aliphatic carbocycles. The van der Waals surface area contributed by atoms with Crippen LogP contribution < -0.4 is 0 Å². The highest BCUT2D eigenvalue weighted by molar-refractivity contribution is 5.93. The molecule has 0 radical (unpaired) electrons. The Hall–Kier alpha value is -1.12. The standard InChI is InChI=1S/C14H18O3/c1-3-17-14(16)10-7(2)13(15)12-9-5-4-8(6-9)11(10)12/h4-5,7-12H,3,6H2,1-2H3/t7-,8+,9-,10-,11-,12-/m1/s1. The molecule has 2 saturated carbocycles. The lowest BCUT2D eigenvalue weighted by atomic mass is 9.80. The third kappa shape index (κ3) is 1.34. The van der Waals surface area contributed by atoms with Gasteiger partial charge >= 0.3 is 5.97 Å². The highest BCUT2D eigenvalue weighted by Crippen LogP contribution is 2.58. The topological polar surface area (TPSA) is 43.4 Å². The van der Waals surface area contributed by atoms with Gasteiger partial charge in [0.15, 0.2) is 0 Å². The summed E-state index contributed by atoms with van der Waals surface area (Å²) < 4.78 is 5.15. The van der Waals surface area contributed by atoms with Crippen LogP contribution in [0.25, 0.3) is 0 Å². The van der Waals surface area contributed by atoms with Crippen molar-refractivity contribution in [3.63, 3.8) is 0 Å². The molecular formula is C14H18O3. The van der Waals surface area contributed by atoms with E-state index in [-0.39, 0.29) is 35.4 Å². The van der Waals surface area contributed by atoms with E-state index in [1.54, 1.807) is 0 Å². The average molecular weight is 234 g/mol. The van der Waals surface area contributed by atoms with Gasteiger partial charge in [-0.05, 0) is 31.1 Å². The number of Topliss-reactive ketones (excluding diaryl/α,β-unsaturated/α-hetero) is 1. The van der Waals surface area contributed by atoms with E-state index in [1.807, 2.05) is 13.8 Å². The van der Waals surface area contributed by atoms with E-state index in [4.69, 9.17) is 4.74 Å². The van der Waals surface area contributed by atoms with Crippen LogP contribution in [0.3, 0.4) is 0 Å². The van der Waals surface area contributed by atoms with Crippen LogP contribution in [0.2, 0.25) is 0 Å². The summed E-state index contributed by atoms with van der Waals surface area (Å²) in [6.07, 6.45) is 5.43. The fourth-order valence-electron chi connectivity index (χ4n) is 4.16. The first-order valence-corrected chi connectivity index (χ1v) is 6.53. The Balaban J connectivity index is 1.91. The van der Waals surface area contributed by atoms with Crippen LogP contribution in [0.5, 0.6) is 0 Å². The molecule has 0 aromatic heterocycles. The lowest BCUT2D eigenvalue weighted by Crippen LogP contribution is -2.29. The van der Waals surface area contributed by atoms with E-state index in [9.17, 15) is 9.59 Å². The minimum Gasteiger partial charge on any atom is -0.466 e. The summed E-state index contributed by atoms with van der Waals surface area (Å²) in [4.78, 5) is 24.3. The Bertz CT molecular complexity index is 398. The van der Waals surface area contributed by atoms with Gasteiger partial charge in [0.1, 0.15) is 5.78 Å². The predicted octanol–water partition coefficient (Wildman–Crippen LogP) is 1.82. The monoisotopic (exact) mass is 234 g/mol. The molecule has 17 heavy (non-hydrogen) atoms. The van der Waals surface area contributed by atoms with Gasteiger partial charge in [-0.3, -0.25) is 9.59 Å². The van der Waals surface area contributed by atoms with Gasteiger partial charge in [-0.25, -0.2) is 0 Å². The maximum Gasteiger partial charge on any atom is 0.309 e. The van der Waals surface area contributed by atoms with Crippen molar-refractivity contribution in [1.82, 2.24) is 0 Å². The Morgan fingerprint density at radius 1 is 1.41 bits per heavy atom. The van der Waals surface area contributed by atoms with Gasteiger partial charge in [0.2, 0.25) is 0 Å². The number of carbonyl (C=O) groups excluding carboxylic acids is 2. The molecular weight excluding hydrogens is 216 g/mol. The number of ketones is 1. The zero-order valence-corrected chi connectivity index (χ0v) is 10.3. The minimum atomic E-state index is -0.201. The Morgan fingerprint density at radius 3 is 2.82 bits per heavy atom. The molecule has 0 heterocycles. The van der Waals surface area contributed by atoms with Crippen molar-refractivity contribution in [2.45, 2.75) is 20.3 Å². The molecule has 92 valence electrons. The van der Waals surface area contributed by atoms with Gasteiger partial charge in [0, 0.05) is 11.8 Å². The molecule has 0 unspecified atom stereocenters. The van der Waals surface area contributed by atoms with Crippen molar-refractivity contribution in [1.29, 1.82) is 0 Å². The molecule has 3 rings (SSSR count). The van der Waals surface area contributed by atoms with Crippen LogP contribution in [0, 0.1) is 35.5 Å². The van der Waals surface area contributed by atoms with Gasteiger partial charge in [0.25, 0.3) is 0 Å². The van der Waals surface area contributed by atoms with E-state index in [0.717, 1.165) is 6.42 Å². The first kappa shape index (κ1) is 11.0. The molecule has 2 bridgehead atoms. The number of ether oxygens (including phenoxy) is 1. The molecule has 3 aliphatic rings. The molecule has 0 aromatic rings. The van der Waals surface area contributed by atoms with Crippen molar-refractivity contribution < 1.29 is 14.3 Å². The highest BCUT2D eigenvalue weighted by Gasteiger charge is 2.60. The number of hydrogen-bond donors (Lipinski definition) is 0. The Morgan fingerprint density at radius 2 is 2.12 bits per heavy atom. The summed E-state index contributed by atoms with van der Waals surface area (Å²) in [5, 5.41) is 0. The second kappa shape index (κ2) is 3.69. The molecule has 2 fully saturated rings. The summed E-state index contributed by atoms with van der Waals surface area (Å²) in [6, 6.07) is 0. The molecule has 0 aromatic carbocycles. The smallest absolute Gasteiger partial charge is 0.309 e. The highest BCUT2D eigenvalue weighted by atomic mass is 16.5. The van der Waals surface area contributed by atoms with E-state index in [2.05, 4.69) is 12.2 Å². The van der Waals surface area contributed by atoms with E-state index < -0.39 is 0 Å². The van der Waals surface area contributed by atoms with E-state index in [1.165, 1.54) is 0 Å². The predicted molar refractivity (Wildman–Crippen MR) is 62.0 cm³/mol. The molecule has 0 N–H and O–H groups in total. The normalized spacial score (nSPS) is 46.4. The van der Waals surface area contributed by atoms with Crippen molar-refractivity contribution >= 4 is 11.8 Å².